The van der Waals surface area contributed by atoms with E-state index in [2.05, 4.69) is 5.32 Å². The number of halogens is 1. The Balaban J connectivity index is 3.06. The van der Waals surface area contributed by atoms with E-state index in [1.54, 1.807) is 0 Å². The Morgan fingerprint density at radius 2 is 2.27 bits per heavy atom. The summed E-state index contributed by atoms with van der Waals surface area (Å²) in [5, 5.41) is 21.5. The lowest BCUT2D eigenvalue weighted by atomic mass is 10.2. The van der Waals surface area contributed by atoms with E-state index in [9.17, 15) is 14.5 Å². The van der Waals surface area contributed by atoms with Crippen molar-refractivity contribution in [1.29, 1.82) is 0 Å². The minimum absolute atomic E-state index is 0.0510. The molecule has 0 atom stereocenters. The van der Waals surface area contributed by atoms with Crippen LogP contribution in [0.15, 0.2) is 12.1 Å². The molecule has 0 aliphatic rings. The minimum Gasteiger partial charge on any atom is -0.395 e. The molecule has 6 nitrogen and oxygen atoms in total. The number of aliphatic hydroxyl groups excluding tert-OH is 1. The SMILES string of the molecule is Nc1cc(F)c(NCCO)cc1[N+](=O)[O-]. The van der Waals surface area contributed by atoms with E-state index in [0.717, 1.165) is 12.1 Å². The number of rotatable bonds is 4. The fourth-order valence-corrected chi connectivity index (χ4v) is 1.06. The first-order valence-electron chi connectivity index (χ1n) is 4.14. The van der Waals surface area contributed by atoms with E-state index in [-0.39, 0.29) is 30.2 Å². The molecule has 0 aromatic heterocycles. The van der Waals surface area contributed by atoms with E-state index in [4.69, 9.17) is 10.8 Å². The van der Waals surface area contributed by atoms with Gasteiger partial charge >= 0.3 is 0 Å². The van der Waals surface area contributed by atoms with Gasteiger partial charge < -0.3 is 16.2 Å². The Bertz CT molecular complexity index is 384. The van der Waals surface area contributed by atoms with Crippen molar-refractivity contribution in [2.75, 3.05) is 24.2 Å². The van der Waals surface area contributed by atoms with Crippen LogP contribution >= 0.6 is 0 Å². The van der Waals surface area contributed by atoms with Crippen molar-refractivity contribution in [3.8, 4) is 0 Å². The number of nitro groups is 1. The second kappa shape index (κ2) is 4.56. The highest BCUT2D eigenvalue weighted by molar-refractivity contribution is 5.66. The lowest BCUT2D eigenvalue weighted by Crippen LogP contribution is -2.08. The third kappa shape index (κ3) is 2.53. The van der Waals surface area contributed by atoms with Gasteiger partial charge in [-0.2, -0.15) is 0 Å². The highest BCUT2D eigenvalue weighted by Gasteiger charge is 2.15. The normalized spacial score (nSPS) is 10.0. The molecule has 0 radical (unpaired) electrons. The monoisotopic (exact) mass is 215 g/mol. The Labute approximate surface area is 84.7 Å². The largest absolute Gasteiger partial charge is 0.395 e. The topological polar surface area (TPSA) is 101 Å². The number of hydrogen-bond acceptors (Lipinski definition) is 5. The summed E-state index contributed by atoms with van der Waals surface area (Å²) >= 11 is 0. The maximum absolute atomic E-state index is 13.2. The number of anilines is 2. The smallest absolute Gasteiger partial charge is 0.294 e. The fourth-order valence-electron chi connectivity index (χ4n) is 1.06. The zero-order chi connectivity index (χ0) is 11.4. The van der Waals surface area contributed by atoms with Crippen molar-refractivity contribution in [1.82, 2.24) is 0 Å². The number of nitrogens with two attached hydrogens (primary N) is 1. The Morgan fingerprint density at radius 3 is 2.80 bits per heavy atom. The van der Waals surface area contributed by atoms with Crippen LogP contribution in [0.4, 0.5) is 21.5 Å². The molecule has 1 rings (SSSR count). The number of nitro benzene ring substituents is 1. The zero-order valence-electron chi connectivity index (χ0n) is 7.74. The third-order valence-electron chi connectivity index (χ3n) is 1.74. The highest BCUT2D eigenvalue weighted by atomic mass is 19.1. The quantitative estimate of drug-likeness (QED) is 0.390. The molecule has 0 fully saturated rings. The average Bonchev–Trinajstić information content (AvgIpc) is 2.16. The standard InChI is InChI=1S/C8H10FN3O3/c9-5-3-6(10)8(12(14)15)4-7(5)11-1-2-13/h3-4,11,13H,1-2,10H2. The van der Waals surface area contributed by atoms with Gasteiger partial charge in [0.1, 0.15) is 11.5 Å². The molecule has 4 N–H and O–H groups in total. The second-order valence-corrected chi connectivity index (χ2v) is 2.80. The maximum Gasteiger partial charge on any atom is 0.294 e. The van der Waals surface area contributed by atoms with Crippen molar-refractivity contribution in [2.24, 2.45) is 0 Å². The Kier molecular flexibility index (Phi) is 3.40. The third-order valence-corrected chi connectivity index (χ3v) is 1.74. The van der Waals surface area contributed by atoms with E-state index in [1.807, 2.05) is 0 Å². The zero-order valence-corrected chi connectivity index (χ0v) is 7.74. The highest BCUT2D eigenvalue weighted by Crippen LogP contribution is 2.27. The average molecular weight is 215 g/mol. The summed E-state index contributed by atoms with van der Waals surface area (Å²) in [5.74, 6) is -0.688. The van der Waals surface area contributed by atoms with E-state index >= 15 is 0 Å². The lowest BCUT2D eigenvalue weighted by Gasteiger charge is -2.06. The van der Waals surface area contributed by atoms with Gasteiger partial charge in [0.05, 0.1) is 17.2 Å². The van der Waals surface area contributed by atoms with Crippen LogP contribution in [0.2, 0.25) is 0 Å². The first-order valence-corrected chi connectivity index (χ1v) is 4.14. The van der Waals surface area contributed by atoms with E-state index < -0.39 is 10.7 Å². The van der Waals surface area contributed by atoms with Gasteiger partial charge in [-0.3, -0.25) is 10.1 Å². The van der Waals surface area contributed by atoms with Crippen molar-refractivity contribution in [3.05, 3.63) is 28.1 Å². The predicted octanol–water partition coefficient (Wildman–Crippen LogP) is 0.720. The summed E-state index contributed by atoms with van der Waals surface area (Å²) in [4.78, 5) is 9.79. The lowest BCUT2D eigenvalue weighted by molar-refractivity contribution is -0.383. The predicted molar refractivity (Wildman–Crippen MR) is 53.0 cm³/mol. The van der Waals surface area contributed by atoms with Gasteiger partial charge in [0, 0.05) is 18.7 Å². The van der Waals surface area contributed by atoms with Crippen molar-refractivity contribution >= 4 is 17.1 Å². The summed E-state index contributed by atoms with van der Waals surface area (Å²) in [6.45, 7) is -0.0877. The Hall–Kier alpha value is -1.89. The van der Waals surface area contributed by atoms with Crippen LogP contribution in [0.3, 0.4) is 0 Å². The molecule has 1 aromatic rings. The van der Waals surface area contributed by atoms with E-state index in [0.29, 0.717) is 0 Å². The minimum atomic E-state index is -0.696. The van der Waals surface area contributed by atoms with Crippen LogP contribution in [0.5, 0.6) is 0 Å². The molecule has 0 unspecified atom stereocenters. The molecule has 0 saturated carbocycles. The molecule has 0 saturated heterocycles. The number of nitrogens with one attached hydrogen (secondary N) is 1. The van der Waals surface area contributed by atoms with Gasteiger partial charge in [-0.25, -0.2) is 4.39 Å². The number of nitrogen functional groups attached to an aromatic ring is 1. The number of hydrogen-bond donors (Lipinski definition) is 3. The van der Waals surface area contributed by atoms with Gasteiger partial charge in [-0.1, -0.05) is 0 Å². The van der Waals surface area contributed by atoms with Gasteiger partial charge in [0.25, 0.3) is 5.69 Å². The van der Waals surface area contributed by atoms with Crippen LogP contribution in [-0.2, 0) is 0 Å². The molecule has 0 heterocycles. The van der Waals surface area contributed by atoms with E-state index in [1.165, 1.54) is 0 Å². The van der Waals surface area contributed by atoms with Crippen molar-refractivity contribution in [3.63, 3.8) is 0 Å². The van der Waals surface area contributed by atoms with Crippen LogP contribution in [-0.4, -0.2) is 23.2 Å². The maximum atomic E-state index is 13.2. The molecule has 0 spiro atoms. The molecule has 0 aliphatic heterocycles. The van der Waals surface area contributed by atoms with Crippen LogP contribution < -0.4 is 11.1 Å². The van der Waals surface area contributed by atoms with Gasteiger partial charge in [0.15, 0.2) is 0 Å². The molecule has 7 heteroatoms. The summed E-state index contributed by atoms with van der Waals surface area (Å²) in [5.41, 5.74) is 4.62. The van der Waals surface area contributed by atoms with Crippen molar-refractivity contribution < 1.29 is 14.4 Å². The summed E-state index contributed by atoms with van der Waals surface area (Å²) in [6.07, 6.45) is 0. The number of nitrogens with zero attached hydrogens (tertiary/aromatic N) is 1. The number of aliphatic hydroxyl groups is 1. The van der Waals surface area contributed by atoms with Gasteiger partial charge in [0.2, 0.25) is 0 Å². The van der Waals surface area contributed by atoms with Gasteiger partial charge in [-0.05, 0) is 0 Å². The molecule has 15 heavy (non-hydrogen) atoms. The summed E-state index contributed by atoms with van der Waals surface area (Å²) in [7, 11) is 0. The molecule has 0 aliphatic carbocycles. The first-order chi connectivity index (χ1) is 7.06. The molecule has 0 bridgehead atoms. The van der Waals surface area contributed by atoms with Crippen LogP contribution in [0, 0.1) is 15.9 Å². The van der Waals surface area contributed by atoms with Crippen LogP contribution in [0.25, 0.3) is 0 Å². The Morgan fingerprint density at radius 1 is 1.60 bits per heavy atom. The first kappa shape index (κ1) is 11.2. The second-order valence-electron chi connectivity index (χ2n) is 2.80. The molecular weight excluding hydrogens is 205 g/mol. The molecule has 82 valence electrons. The summed E-state index contributed by atoms with van der Waals surface area (Å²) < 4.78 is 13.2. The van der Waals surface area contributed by atoms with Crippen molar-refractivity contribution in [2.45, 2.75) is 0 Å². The summed E-state index contributed by atoms with van der Waals surface area (Å²) in [6, 6.07) is 1.87. The van der Waals surface area contributed by atoms with Gasteiger partial charge in [-0.15, -0.1) is 0 Å². The molecular formula is C8H10FN3O3. The molecule has 1 aromatic carbocycles. The molecule has 0 amide bonds. The van der Waals surface area contributed by atoms with Crippen LogP contribution in [0.1, 0.15) is 0 Å². The number of benzene rings is 1. The fraction of sp³-hybridized carbons (Fsp3) is 0.250.